The van der Waals surface area contributed by atoms with E-state index in [4.69, 9.17) is 9.26 Å². The SMILES string of the molecule is O=C(Cc1ccc2ccc3cccc4ccc1c2c34)N[C@@H]1[C@H](OP(=O)(O)O)[C@@H](CO)O[C@H]1n1ccc(=O)[nH]c1=O. The fourth-order valence-electron chi connectivity index (χ4n) is 5.55. The Balaban J connectivity index is 1.36. The van der Waals surface area contributed by atoms with Crippen LogP contribution in [0.1, 0.15) is 11.8 Å². The minimum absolute atomic E-state index is 0.107. The smallest absolute Gasteiger partial charge is 0.394 e. The van der Waals surface area contributed by atoms with Crippen molar-refractivity contribution in [1.82, 2.24) is 14.9 Å². The Labute approximate surface area is 225 Å². The average Bonchev–Trinajstić information content (AvgIpc) is 3.23. The highest BCUT2D eigenvalue weighted by Crippen LogP contribution is 2.43. The Bertz CT molecular complexity index is 1900. The molecule has 12 nitrogen and oxygen atoms in total. The molecule has 1 saturated heterocycles. The zero-order valence-corrected chi connectivity index (χ0v) is 21.7. The summed E-state index contributed by atoms with van der Waals surface area (Å²) in [4.78, 5) is 58.6. The number of ether oxygens (including phenoxy) is 1. The van der Waals surface area contributed by atoms with Crippen LogP contribution < -0.4 is 16.6 Å². The number of carbonyl (C=O) groups is 1. The van der Waals surface area contributed by atoms with E-state index in [2.05, 4.69) is 10.3 Å². The summed E-state index contributed by atoms with van der Waals surface area (Å²) >= 11 is 0. The van der Waals surface area contributed by atoms with Crippen molar-refractivity contribution in [2.24, 2.45) is 0 Å². The number of phosphoric ester groups is 1. The summed E-state index contributed by atoms with van der Waals surface area (Å²) in [5.41, 5.74) is -0.835. The Morgan fingerprint density at radius 3 is 2.35 bits per heavy atom. The maximum atomic E-state index is 13.4. The first-order chi connectivity index (χ1) is 19.1. The second-order valence-corrected chi connectivity index (χ2v) is 10.9. The molecule has 40 heavy (non-hydrogen) atoms. The second-order valence-electron chi connectivity index (χ2n) is 9.68. The molecule has 0 bridgehead atoms. The molecule has 13 heteroatoms. The van der Waals surface area contributed by atoms with Crippen molar-refractivity contribution >= 4 is 46.0 Å². The fraction of sp³-hybridized carbons (Fsp3) is 0.222. The third-order valence-corrected chi connectivity index (χ3v) is 7.72. The normalized spacial score (nSPS) is 21.5. The van der Waals surface area contributed by atoms with Gasteiger partial charge in [-0.15, -0.1) is 0 Å². The highest BCUT2D eigenvalue weighted by atomic mass is 31.2. The van der Waals surface area contributed by atoms with Gasteiger partial charge in [0, 0.05) is 12.3 Å². The largest absolute Gasteiger partial charge is 0.470 e. The van der Waals surface area contributed by atoms with E-state index < -0.39 is 56.1 Å². The maximum Gasteiger partial charge on any atom is 0.470 e. The van der Waals surface area contributed by atoms with Gasteiger partial charge in [-0.1, -0.05) is 54.6 Å². The maximum absolute atomic E-state index is 13.4. The molecule has 1 aliphatic heterocycles. The van der Waals surface area contributed by atoms with E-state index in [0.29, 0.717) is 5.56 Å². The van der Waals surface area contributed by atoms with Crippen LogP contribution in [0.2, 0.25) is 0 Å². The summed E-state index contributed by atoms with van der Waals surface area (Å²) in [6.45, 7) is -0.722. The summed E-state index contributed by atoms with van der Waals surface area (Å²) < 4.78 is 23.3. The first-order valence-corrected chi connectivity index (χ1v) is 13.9. The Hall–Kier alpha value is -3.90. The predicted molar refractivity (Wildman–Crippen MR) is 145 cm³/mol. The van der Waals surface area contributed by atoms with Gasteiger partial charge in [-0.25, -0.2) is 9.36 Å². The number of H-pyrrole nitrogens is 1. The number of amides is 1. The van der Waals surface area contributed by atoms with E-state index >= 15 is 0 Å². The van der Waals surface area contributed by atoms with Gasteiger partial charge < -0.3 is 24.9 Å². The molecule has 206 valence electrons. The summed E-state index contributed by atoms with van der Waals surface area (Å²) in [5, 5.41) is 18.7. The van der Waals surface area contributed by atoms with Crippen molar-refractivity contribution in [3.05, 3.63) is 93.3 Å². The van der Waals surface area contributed by atoms with Gasteiger partial charge in [-0.05, 0) is 37.9 Å². The standard InChI is InChI=1S/C27H24N3O9P/c31-13-19-25(39-40(35,36)37)24(26(38-19)30-11-10-20(32)29-27(30)34)28-21(33)12-17-7-6-16-5-4-14-2-1-3-15-8-9-18(17)23(16)22(14)15/h1-11,19,24-26,31H,12-13H2,(H,28,33)(H,29,32,34)(H2,35,36,37)/t19-,24-,25-,26-/m1/s1. The molecule has 0 radical (unpaired) electrons. The van der Waals surface area contributed by atoms with E-state index in [1.54, 1.807) is 0 Å². The van der Waals surface area contributed by atoms with Crippen LogP contribution in [0.4, 0.5) is 0 Å². The fourth-order valence-corrected chi connectivity index (χ4v) is 6.14. The monoisotopic (exact) mass is 565 g/mol. The third kappa shape index (κ3) is 4.71. The number of nitrogens with zero attached hydrogens (tertiary/aromatic N) is 1. The number of rotatable bonds is 7. The molecule has 6 rings (SSSR count). The number of aromatic nitrogens is 2. The highest BCUT2D eigenvalue weighted by molar-refractivity contribution is 7.46. The lowest BCUT2D eigenvalue weighted by molar-refractivity contribution is -0.122. The molecule has 1 aliphatic rings. The van der Waals surface area contributed by atoms with Crippen LogP contribution in [0.25, 0.3) is 32.3 Å². The number of hydrogen-bond donors (Lipinski definition) is 5. The molecule has 1 amide bonds. The summed E-state index contributed by atoms with van der Waals surface area (Å²) in [7, 11) is -5.10. The van der Waals surface area contributed by atoms with Crippen LogP contribution in [0.5, 0.6) is 0 Å². The van der Waals surface area contributed by atoms with Crippen molar-refractivity contribution < 1.29 is 33.5 Å². The molecule has 0 spiro atoms. The number of phosphoric acid groups is 1. The van der Waals surface area contributed by atoms with Gasteiger partial charge in [-0.3, -0.25) is 23.7 Å². The van der Waals surface area contributed by atoms with Gasteiger partial charge in [0.2, 0.25) is 5.91 Å². The van der Waals surface area contributed by atoms with E-state index in [1.165, 1.54) is 0 Å². The van der Waals surface area contributed by atoms with E-state index in [9.17, 15) is 33.8 Å². The molecular weight excluding hydrogens is 541 g/mol. The molecule has 2 heterocycles. The number of aromatic amines is 1. The van der Waals surface area contributed by atoms with Crippen molar-refractivity contribution in [1.29, 1.82) is 0 Å². The lowest BCUT2D eigenvalue weighted by Gasteiger charge is -2.26. The number of carbonyl (C=O) groups excluding carboxylic acids is 1. The Kier molecular flexibility index (Phi) is 6.54. The minimum Gasteiger partial charge on any atom is -0.394 e. The predicted octanol–water partition coefficient (Wildman–Crippen LogP) is 1.53. The van der Waals surface area contributed by atoms with E-state index in [1.807, 2.05) is 54.6 Å². The number of nitrogens with one attached hydrogen (secondary N) is 2. The Morgan fingerprint density at radius 2 is 1.68 bits per heavy atom. The molecule has 1 aromatic heterocycles. The average molecular weight is 565 g/mol. The van der Waals surface area contributed by atoms with Gasteiger partial charge >= 0.3 is 13.5 Å². The summed E-state index contributed by atoms with van der Waals surface area (Å²) in [6.07, 6.45) is -3.13. The van der Waals surface area contributed by atoms with Crippen LogP contribution in [-0.4, -0.2) is 55.2 Å². The zero-order chi connectivity index (χ0) is 28.2. The molecule has 4 aromatic carbocycles. The molecule has 0 unspecified atom stereocenters. The number of aliphatic hydroxyl groups excluding tert-OH is 1. The topological polar surface area (TPSA) is 180 Å². The van der Waals surface area contributed by atoms with E-state index in [0.717, 1.165) is 49.1 Å². The number of hydrogen-bond acceptors (Lipinski definition) is 7. The molecule has 0 aliphatic carbocycles. The zero-order valence-electron chi connectivity index (χ0n) is 20.8. The van der Waals surface area contributed by atoms with Crippen LogP contribution in [0.3, 0.4) is 0 Å². The lowest BCUT2D eigenvalue weighted by Crippen LogP contribution is -2.49. The van der Waals surface area contributed by atoms with Crippen LogP contribution >= 0.6 is 7.82 Å². The first kappa shape index (κ1) is 26.3. The molecular formula is C27H24N3O9P. The second kappa shape index (κ2) is 9.93. The number of benzene rings is 4. The summed E-state index contributed by atoms with van der Waals surface area (Å²) in [6, 6.07) is 17.6. The van der Waals surface area contributed by atoms with Gasteiger partial charge in [0.1, 0.15) is 18.2 Å². The van der Waals surface area contributed by atoms with Crippen LogP contribution in [0.15, 0.2) is 76.4 Å². The third-order valence-electron chi connectivity index (χ3n) is 7.20. The van der Waals surface area contributed by atoms with Crippen LogP contribution in [0, 0.1) is 0 Å². The summed E-state index contributed by atoms with van der Waals surface area (Å²) in [5.74, 6) is -0.538. The van der Waals surface area contributed by atoms with Gasteiger partial charge in [0.25, 0.3) is 5.56 Å². The van der Waals surface area contributed by atoms with Gasteiger partial charge in [0.15, 0.2) is 6.23 Å². The van der Waals surface area contributed by atoms with E-state index in [-0.39, 0.29) is 6.42 Å². The number of aliphatic hydroxyl groups is 1. The van der Waals surface area contributed by atoms with Crippen LogP contribution in [-0.2, 0) is 25.0 Å². The highest BCUT2D eigenvalue weighted by Gasteiger charge is 2.49. The quantitative estimate of drug-likeness (QED) is 0.144. The van der Waals surface area contributed by atoms with Crippen molar-refractivity contribution in [2.75, 3.05) is 6.61 Å². The Morgan fingerprint density at radius 1 is 1.00 bits per heavy atom. The molecule has 5 aromatic rings. The van der Waals surface area contributed by atoms with Crippen molar-refractivity contribution in [2.45, 2.75) is 30.9 Å². The molecule has 5 N–H and O–H groups in total. The van der Waals surface area contributed by atoms with Crippen molar-refractivity contribution in [3.8, 4) is 0 Å². The lowest BCUT2D eigenvalue weighted by atomic mass is 9.91. The van der Waals surface area contributed by atoms with Crippen molar-refractivity contribution in [3.63, 3.8) is 0 Å². The van der Waals surface area contributed by atoms with Gasteiger partial charge in [-0.2, -0.15) is 0 Å². The first-order valence-electron chi connectivity index (χ1n) is 12.4. The molecule has 0 saturated carbocycles. The molecule has 4 atom stereocenters. The minimum atomic E-state index is -5.10. The molecule has 1 fully saturated rings. The van der Waals surface area contributed by atoms with Gasteiger partial charge in [0.05, 0.1) is 13.0 Å².